The fraction of sp³-hybridized carbons (Fsp3) is 0.556. The predicted octanol–water partition coefficient (Wildman–Crippen LogP) is 3.04. The van der Waals surface area contributed by atoms with E-state index in [9.17, 15) is 9.18 Å². The lowest BCUT2D eigenvalue weighted by Gasteiger charge is -2.21. The quantitative estimate of drug-likeness (QED) is 0.920. The van der Waals surface area contributed by atoms with E-state index in [0.29, 0.717) is 30.1 Å². The number of amides is 1. The maximum Gasteiger partial charge on any atom is 0.407 e. The first kappa shape index (κ1) is 18.2. The monoisotopic (exact) mass is 333 g/mol. The molecule has 1 atom stereocenters. The Morgan fingerprint density at radius 1 is 1.50 bits per heavy atom. The second-order valence-corrected chi connectivity index (χ2v) is 7.19. The highest BCUT2D eigenvalue weighted by Gasteiger charge is 2.24. The number of hydrogen-bond donors (Lipinski definition) is 1. The Morgan fingerprint density at radius 3 is 2.92 bits per heavy atom. The highest BCUT2D eigenvalue weighted by Crippen LogP contribution is 2.20. The van der Waals surface area contributed by atoms with Crippen LogP contribution in [0.3, 0.4) is 0 Å². The highest BCUT2D eigenvalue weighted by molar-refractivity contribution is 5.67. The smallest absolute Gasteiger partial charge is 0.407 e. The molecule has 0 unspecified atom stereocenters. The SMILES string of the molecule is CC(C)(C)OC(=O)NC[C@@H]1CCN(Cc2cc(C#N)ccc2F)C1. The predicted molar refractivity (Wildman–Crippen MR) is 88.7 cm³/mol. The molecule has 0 bridgehead atoms. The number of rotatable bonds is 4. The molecule has 1 saturated heterocycles. The molecule has 5 nitrogen and oxygen atoms in total. The Labute approximate surface area is 142 Å². The fourth-order valence-electron chi connectivity index (χ4n) is 2.77. The standard InChI is InChI=1S/C18H24FN3O2/c1-18(2,3)24-17(23)21-10-14-6-7-22(11-14)12-15-8-13(9-20)4-5-16(15)19/h4-5,8,14H,6-7,10-12H2,1-3H3,(H,21,23)/t14-/m0/s1. The minimum Gasteiger partial charge on any atom is -0.444 e. The van der Waals surface area contributed by atoms with Crippen LogP contribution in [-0.2, 0) is 11.3 Å². The molecule has 24 heavy (non-hydrogen) atoms. The molecule has 0 aliphatic carbocycles. The number of nitriles is 1. The molecule has 1 fully saturated rings. The summed E-state index contributed by atoms with van der Waals surface area (Å²) in [4.78, 5) is 13.8. The average molecular weight is 333 g/mol. The van der Waals surface area contributed by atoms with E-state index >= 15 is 0 Å². The van der Waals surface area contributed by atoms with E-state index in [4.69, 9.17) is 10.00 Å². The number of halogens is 1. The van der Waals surface area contributed by atoms with Crippen LogP contribution >= 0.6 is 0 Å². The lowest BCUT2D eigenvalue weighted by atomic mass is 10.1. The second-order valence-electron chi connectivity index (χ2n) is 7.19. The van der Waals surface area contributed by atoms with Gasteiger partial charge in [-0.2, -0.15) is 5.26 Å². The third-order valence-electron chi connectivity index (χ3n) is 3.87. The van der Waals surface area contributed by atoms with Gasteiger partial charge in [0.25, 0.3) is 0 Å². The Hall–Kier alpha value is -2.13. The molecule has 1 N–H and O–H groups in total. The maximum absolute atomic E-state index is 13.9. The summed E-state index contributed by atoms with van der Waals surface area (Å²) in [7, 11) is 0. The third kappa shape index (κ3) is 5.50. The molecule has 0 aromatic heterocycles. The summed E-state index contributed by atoms with van der Waals surface area (Å²) >= 11 is 0. The van der Waals surface area contributed by atoms with Crippen molar-refractivity contribution in [2.24, 2.45) is 5.92 Å². The van der Waals surface area contributed by atoms with E-state index in [1.54, 1.807) is 6.07 Å². The number of benzene rings is 1. The van der Waals surface area contributed by atoms with Crippen molar-refractivity contribution in [2.75, 3.05) is 19.6 Å². The van der Waals surface area contributed by atoms with Crippen molar-refractivity contribution < 1.29 is 13.9 Å². The number of ether oxygens (including phenoxy) is 1. The molecule has 1 aromatic carbocycles. The van der Waals surface area contributed by atoms with E-state index in [2.05, 4.69) is 10.2 Å². The van der Waals surface area contributed by atoms with Crippen molar-refractivity contribution in [3.05, 3.63) is 35.1 Å². The zero-order valence-electron chi connectivity index (χ0n) is 14.4. The normalized spacial score (nSPS) is 18.2. The minimum absolute atomic E-state index is 0.288. The highest BCUT2D eigenvalue weighted by atomic mass is 19.1. The number of carbonyl (C=O) groups is 1. The summed E-state index contributed by atoms with van der Waals surface area (Å²) in [6, 6.07) is 6.45. The van der Waals surface area contributed by atoms with Crippen LogP contribution in [0.2, 0.25) is 0 Å². The van der Waals surface area contributed by atoms with Crippen molar-refractivity contribution in [1.29, 1.82) is 5.26 Å². The zero-order valence-corrected chi connectivity index (χ0v) is 14.4. The summed E-state index contributed by atoms with van der Waals surface area (Å²) in [5.41, 5.74) is 0.498. The molecule has 6 heteroatoms. The Bertz CT molecular complexity index is 634. The van der Waals surface area contributed by atoms with Gasteiger partial charge >= 0.3 is 6.09 Å². The van der Waals surface area contributed by atoms with Crippen LogP contribution < -0.4 is 5.32 Å². The molecule has 1 aliphatic heterocycles. The van der Waals surface area contributed by atoms with Gasteiger partial charge in [0, 0.05) is 25.2 Å². The molecule has 1 aliphatic rings. The molecule has 2 rings (SSSR count). The van der Waals surface area contributed by atoms with Crippen LogP contribution in [0.4, 0.5) is 9.18 Å². The number of nitrogens with one attached hydrogen (secondary N) is 1. The van der Waals surface area contributed by atoms with E-state index in [1.165, 1.54) is 12.1 Å². The van der Waals surface area contributed by atoms with Crippen LogP contribution in [0.15, 0.2) is 18.2 Å². The minimum atomic E-state index is -0.505. The van der Waals surface area contributed by atoms with Gasteiger partial charge in [0.2, 0.25) is 0 Å². The van der Waals surface area contributed by atoms with Gasteiger partial charge in [-0.05, 0) is 57.9 Å². The van der Waals surface area contributed by atoms with Crippen molar-refractivity contribution in [3.63, 3.8) is 0 Å². The molecule has 1 aromatic rings. The van der Waals surface area contributed by atoms with Crippen molar-refractivity contribution >= 4 is 6.09 Å². The van der Waals surface area contributed by atoms with Gasteiger partial charge in [-0.3, -0.25) is 4.90 Å². The summed E-state index contributed by atoms with van der Waals surface area (Å²) in [5, 5.41) is 11.7. The van der Waals surface area contributed by atoms with Crippen LogP contribution in [-0.4, -0.2) is 36.2 Å². The van der Waals surface area contributed by atoms with Crippen molar-refractivity contribution in [2.45, 2.75) is 39.3 Å². The van der Waals surface area contributed by atoms with Crippen LogP contribution in [0.25, 0.3) is 0 Å². The van der Waals surface area contributed by atoms with Gasteiger partial charge < -0.3 is 10.1 Å². The number of likely N-dealkylation sites (tertiary alicyclic amines) is 1. The maximum atomic E-state index is 13.9. The average Bonchev–Trinajstić information content (AvgIpc) is 2.93. The number of carbonyl (C=O) groups excluding carboxylic acids is 1. The van der Waals surface area contributed by atoms with E-state index < -0.39 is 11.7 Å². The van der Waals surface area contributed by atoms with E-state index in [-0.39, 0.29) is 5.82 Å². The fourth-order valence-corrected chi connectivity index (χ4v) is 2.77. The van der Waals surface area contributed by atoms with Gasteiger partial charge in [-0.25, -0.2) is 9.18 Å². The molecular weight excluding hydrogens is 309 g/mol. The van der Waals surface area contributed by atoms with Crippen LogP contribution in [0.1, 0.15) is 38.3 Å². The van der Waals surface area contributed by atoms with E-state index in [1.807, 2.05) is 26.8 Å². The van der Waals surface area contributed by atoms with Gasteiger partial charge in [0.05, 0.1) is 11.6 Å². The molecule has 1 heterocycles. The summed E-state index contributed by atoms with van der Waals surface area (Å²) in [5.74, 6) is 0.0315. The lowest BCUT2D eigenvalue weighted by Crippen LogP contribution is -2.36. The largest absolute Gasteiger partial charge is 0.444 e. The number of hydrogen-bond acceptors (Lipinski definition) is 4. The molecule has 0 spiro atoms. The summed E-state index contributed by atoms with van der Waals surface area (Å²) in [6.45, 7) is 8.13. The summed E-state index contributed by atoms with van der Waals surface area (Å²) < 4.78 is 19.1. The molecular formula is C18H24FN3O2. The van der Waals surface area contributed by atoms with Gasteiger partial charge in [0.1, 0.15) is 11.4 Å². The first-order chi connectivity index (χ1) is 11.3. The molecule has 1 amide bonds. The first-order valence-corrected chi connectivity index (χ1v) is 8.14. The number of alkyl carbamates (subject to hydrolysis) is 1. The van der Waals surface area contributed by atoms with Crippen LogP contribution in [0, 0.1) is 23.1 Å². The Morgan fingerprint density at radius 2 is 2.25 bits per heavy atom. The molecule has 0 radical (unpaired) electrons. The van der Waals surface area contributed by atoms with Crippen molar-refractivity contribution in [1.82, 2.24) is 10.2 Å². The summed E-state index contributed by atoms with van der Waals surface area (Å²) in [6.07, 6.45) is 0.531. The van der Waals surface area contributed by atoms with Crippen LogP contribution in [0.5, 0.6) is 0 Å². The lowest BCUT2D eigenvalue weighted by molar-refractivity contribution is 0.0519. The van der Waals surface area contributed by atoms with E-state index in [0.717, 1.165) is 19.5 Å². The third-order valence-corrected chi connectivity index (χ3v) is 3.87. The van der Waals surface area contributed by atoms with Crippen molar-refractivity contribution in [3.8, 4) is 6.07 Å². The van der Waals surface area contributed by atoms with Gasteiger partial charge in [0.15, 0.2) is 0 Å². The zero-order chi connectivity index (χ0) is 17.7. The van der Waals surface area contributed by atoms with Gasteiger partial charge in [-0.1, -0.05) is 0 Å². The molecule has 130 valence electrons. The molecule has 0 saturated carbocycles. The first-order valence-electron chi connectivity index (χ1n) is 8.14. The second kappa shape index (κ2) is 7.63. The number of nitrogens with zero attached hydrogens (tertiary/aromatic N) is 2. The van der Waals surface area contributed by atoms with Gasteiger partial charge in [-0.15, -0.1) is 0 Å². The Kier molecular flexibility index (Phi) is 5.79. The topological polar surface area (TPSA) is 65.4 Å². The Balaban J connectivity index is 1.81.